The Bertz CT molecular complexity index is 697. The Morgan fingerprint density at radius 1 is 1.20 bits per heavy atom. The van der Waals surface area contributed by atoms with Gasteiger partial charge in [-0.25, -0.2) is 17.5 Å². The zero-order valence-electron chi connectivity index (χ0n) is 13.6. The van der Waals surface area contributed by atoms with Crippen LogP contribution in [0.4, 0.5) is 23.7 Å². The molecule has 2 rings (SSSR count). The molecule has 2 amide bonds. The molecule has 0 aliphatic carbocycles. The SMILES string of the molecule is Cc1ccc(NC(=O)NC2CCN(S(=O)(=O)CC(F)(F)F)CC2)cc1. The second-order valence-corrected chi connectivity index (χ2v) is 7.98. The predicted molar refractivity (Wildman–Crippen MR) is 87.8 cm³/mol. The molecule has 0 spiro atoms. The van der Waals surface area contributed by atoms with Gasteiger partial charge in [-0.2, -0.15) is 13.2 Å². The molecule has 1 aliphatic heterocycles. The molecule has 1 aliphatic rings. The number of nitrogens with zero attached hydrogens (tertiary/aromatic N) is 1. The molecule has 1 heterocycles. The lowest BCUT2D eigenvalue weighted by molar-refractivity contribution is -0.107. The van der Waals surface area contributed by atoms with E-state index in [0.29, 0.717) is 5.69 Å². The fourth-order valence-electron chi connectivity index (χ4n) is 2.57. The van der Waals surface area contributed by atoms with Gasteiger partial charge < -0.3 is 10.6 Å². The van der Waals surface area contributed by atoms with Crippen molar-refractivity contribution < 1.29 is 26.4 Å². The zero-order valence-corrected chi connectivity index (χ0v) is 14.5. The van der Waals surface area contributed by atoms with Gasteiger partial charge in [-0.3, -0.25) is 0 Å². The molecule has 1 aromatic rings. The summed E-state index contributed by atoms with van der Waals surface area (Å²) in [5.74, 6) is -1.86. The normalized spacial score (nSPS) is 17.3. The summed E-state index contributed by atoms with van der Waals surface area (Å²) in [6.07, 6.45) is -4.24. The first-order valence-electron chi connectivity index (χ1n) is 7.74. The number of carbonyl (C=O) groups is 1. The number of halogens is 3. The summed E-state index contributed by atoms with van der Waals surface area (Å²) in [4.78, 5) is 11.9. The average molecular weight is 379 g/mol. The first kappa shape index (κ1) is 19.5. The van der Waals surface area contributed by atoms with E-state index in [4.69, 9.17) is 0 Å². The average Bonchev–Trinajstić information content (AvgIpc) is 2.48. The maximum Gasteiger partial charge on any atom is 0.404 e. The molecule has 0 unspecified atom stereocenters. The molecule has 2 N–H and O–H groups in total. The third-order valence-corrected chi connectivity index (χ3v) is 5.68. The monoisotopic (exact) mass is 379 g/mol. The van der Waals surface area contributed by atoms with Crippen LogP contribution in [0.1, 0.15) is 18.4 Å². The number of aryl methyl sites for hydroxylation is 1. The molecule has 25 heavy (non-hydrogen) atoms. The highest BCUT2D eigenvalue weighted by Crippen LogP contribution is 2.22. The molecular formula is C15H20F3N3O3S. The fourth-order valence-corrected chi connectivity index (χ4v) is 3.93. The van der Waals surface area contributed by atoms with Crippen molar-refractivity contribution in [3.63, 3.8) is 0 Å². The number of hydrogen-bond donors (Lipinski definition) is 2. The number of alkyl halides is 3. The molecule has 0 aromatic heterocycles. The van der Waals surface area contributed by atoms with Gasteiger partial charge in [0.1, 0.15) is 0 Å². The van der Waals surface area contributed by atoms with Crippen LogP contribution in [0, 0.1) is 6.92 Å². The quantitative estimate of drug-likeness (QED) is 0.844. The van der Waals surface area contributed by atoms with Crippen LogP contribution in [-0.4, -0.2) is 49.8 Å². The van der Waals surface area contributed by atoms with Gasteiger partial charge in [0.15, 0.2) is 5.75 Å². The van der Waals surface area contributed by atoms with Gasteiger partial charge in [0.05, 0.1) is 0 Å². The minimum absolute atomic E-state index is 0.0477. The van der Waals surface area contributed by atoms with E-state index in [1.165, 1.54) is 0 Å². The number of sulfonamides is 1. The van der Waals surface area contributed by atoms with Gasteiger partial charge in [-0.1, -0.05) is 17.7 Å². The van der Waals surface area contributed by atoms with E-state index in [1.54, 1.807) is 12.1 Å². The first-order chi connectivity index (χ1) is 11.5. The van der Waals surface area contributed by atoms with Crippen LogP contribution in [-0.2, 0) is 10.0 Å². The number of benzene rings is 1. The van der Waals surface area contributed by atoms with Crippen molar-refractivity contribution >= 4 is 21.7 Å². The summed E-state index contributed by atoms with van der Waals surface area (Å²) in [5.41, 5.74) is 1.67. The maximum atomic E-state index is 12.3. The molecule has 1 fully saturated rings. The summed E-state index contributed by atoms with van der Waals surface area (Å²) < 4.78 is 61.2. The van der Waals surface area contributed by atoms with Crippen LogP contribution in [0.15, 0.2) is 24.3 Å². The number of urea groups is 1. The zero-order chi connectivity index (χ0) is 18.7. The second kappa shape index (κ2) is 7.61. The molecule has 0 radical (unpaired) electrons. The number of carbonyl (C=O) groups excluding carboxylic acids is 1. The molecule has 0 bridgehead atoms. The summed E-state index contributed by atoms with van der Waals surface area (Å²) in [6.45, 7) is 1.83. The minimum atomic E-state index is -4.76. The highest BCUT2D eigenvalue weighted by Gasteiger charge is 2.39. The van der Waals surface area contributed by atoms with E-state index in [9.17, 15) is 26.4 Å². The van der Waals surface area contributed by atoms with Crippen molar-refractivity contribution in [2.75, 3.05) is 24.2 Å². The Kier molecular flexibility index (Phi) is 5.94. The van der Waals surface area contributed by atoms with Gasteiger partial charge in [0, 0.05) is 24.8 Å². The maximum absolute atomic E-state index is 12.3. The van der Waals surface area contributed by atoms with E-state index < -0.39 is 28.0 Å². The third-order valence-electron chi connectivity index (χ3n) is 3.84. The van der Waals surface area contributed by atoms with Crippen LogP contribution in [0.5, 0.6) is 0 Å². The van der Waals surface area contributed by atoms with Gasteiger partial charge in [0.2, 0.25) is 10.0 Å². The number of rotatable bonds is 4. The van der Waals surface area contributed by atoms with Crippen molar-refractivity contribution in [3.05, 3.63) is 29.8 Å². The number of hydrogen-bond acceptors (Lipinski definition) is 3. The second-order valence-electron chi connectivity index (χ2n) is 6.01. The van der Waals surface area contributed by atoms with Gasteiger partial charge in [0.25, 0.3) is 0 Å². The molecule has 6 nitrogen and oxygen atoms in total. The van der Waals surface area contributed by atoms with Crippen LogP contribution >= 0.6 is 0 Å². The van der Waals surface area contributed by atoms with Gasteiger partial charge in [-0.05, 0) is 31.9 Å². The van der Waals surface area contributed by atoms with Crippen LogP contribution in [0.3, 0.4) is 0 Å². The predicted octanol–water partition coefficient (Wildman–Crippen LogP) is 2.47. The summed E-state index contributed by atoms with van der Waals surface area (Å²) in [6, 6.07) is 6.48. The molecule has 0 atom stereocenters. The standard InChI is InChI=1S/C15H20F3N3O3S/c1-11-2-4-12(5-3-11)19-14(22)20-13-6-8-21(9-7-13)25(23,24)10-15(16,17)18/h2-5,13H,6-10H2,1H3,(H2,19,20,22). The summed E-state index contributed by atoms with van der Waals surface area (Å²) in [7, 11) is -4.37. The lowest BCUT2D eigenvalue weighted by Gasteiger charge is -2.31. The van der Waals surface area contributed by atoms with Crippen LogP contribution in [0.2, 0.25) is 0 Å². The highest BCUT2D eigenvalue weighted by atomic mass is 32.2. The van der Waals surface area contributed by atoms with E-state index >= 15 is 0 Å². The van der Waals surface area contributed by atoms with E-state index in [0.717, 1.165) is 9.87 Å². The first-order valence-corrected chi connectivity index (χ1v) is 9.35. The van der Waals surface area contributed by atoms with Gasteiger partial charge in [-0.15, -0.1) is 0 Å². The Morgan fingerprint density at radius 2 is 1.76 bits per heavy atom. The van der Waals surface area contributed by atoms with Crippen molar-refractivity contribution in [2.45, 2.75) is 32.0 Å². The molecular weight excluding hydrogens is 359 g/mol. The molecule has 10 heteroatoms. The fraction of sp³-hybridized carbons (Fsp3) is 0.533. The van der Waals surface area contributed by atoms with Crippen LogP contribution in [0.25, 0.3) is 0 Å². The summed E-state index contributed by atoms with van der Waals surface area (Å²) in [5, 5.41) is 5.37. The van der Waals surface area contributed by atoms with E-state index in [2.05, 4.69) is 10.6 Å². The Balaban J connectivity index is 1.82. The summed E-state index contributed by atoms with van der Waals surface area (Å²) >= 11 is 0. The van der Waals surface area contributed by atoms with Crippen molar-refractivity contribution in [2.24, 2.45) is 0 Å². The Hall–Kier alpha value is -1.81. The minimum Gasteiger partial charge on any atom is -0.335 e. The molecule has 140 valence electrons. The molecule has 1 aromatic carbocycles. The number of anilines is 1. The number of piperidine rings is 1. The Morgan fingerprint density at radius 3 is 2.28 bits per heavy atom. The lowest BCUT2D eigenvalue weighted by atomic mass is 10.1. The number of amides is 2. The topological polar surface area (TPSA) is 78.5 Å². The largest absolute Gasteiger partial charge is 0.404 e. The van der Waals surface area contributed by atoms with E-state index in [-0.39, 0.29) is 32.0 Å². The van der Waals surface area contributed by atoms with Crippen molar-refractivity contribution in [3.8, 4) is 0 Å². The van der Waals surface area contributed by atoms with Crippen molar-refractivity contribution in [1.29, 1.82) is 0 Å². The van der Waals surface area contributed by atoms with Gasteiger partial charge >= 0.3 is 12.2 Å². The van der Waals surface area contributed by atoms with Crippen molar-refractivity contribution in [1.82, 2.24) is 9.62 Å². The Labute approximate surface area is 144 Å². The lowest BCUT2D eigenvalue weighted by Crippen LogP contribution is -2.49. The van der Waals surface area contributed by atoms with Crippen LogP contribution < -0.4 is 10.6 Å². The smallest absolute Gasteiger partial charge is 0.335 e. The molecule has 0 saturated carbocycles. The van der Waals surface area contributed by atoms with E-state index in [1.807, 2.05) is 19.1 Å². The third kappa shape index (κ3) is 6.20. The number of nitrogens with one attached hydrogen (secondary N) is 2. The highest BCUT2D eigenvalue weighted by molar-refractivity contribution is 7.89. The molecule has 1 saturated heterocycles.